The van der Waals surface area contributed by atoms with E-state index in [-0.39, 0.29) is 22.9 Å². The second-order valence-corrected chi connectivity index (χ2v) is 9.71. The molecule has 4 aliphatic rings. The Balaban J connectivity index is 1.41. The molecule has 1 aromatic heterocycles. The lowest BCUT2D eigenvalue weighted by Crippen LogP contribution is -2.47. The van der Waals surface area contributed by atoms with E-state index in [0.717, 1.165) is 36.4 Å². The van der Waals surface area contributed by atoms with Crippen molar-refractivity contribution >= 4 is 5.91 Å². The predicted molar refractivity (Wildman–Crippen MR) is 103 cm³/mol. The van der Waals surface area contributed by atoms with E-state index in [1.807, 2.05) is 27.0 Å². The molecule has 0 unspecified atom stereocenters. The summed E-state index contributed by atoms with van der Waals surface area (Å²) in [5.74, 6) is 2.92. The Hall–Kier alpha value is -1.58. The van der Waals surface area contributed by atoms with Gasteiger partial charge in [0.15, 0.2) is 0 Å². The molecule has 0 saturated heterocycles. The highest BCUT2D eigenvalue weighted by molar-refractivity contribution is 5.93. The Bertz CT molecular complexity index is 713. The van der Waals surface area contributed by atoms with Gasteiger partial charge in [-0.05, 0) is 86.2 Å². The molecule has 4 aliphatic carbocycles. The van der Waals surface area contributed by atoms with Crippen LogP contribution in [0, 0.1) is 23.2 Å². The number of carbonyl (C=O) groups is 1. The number of nitrogens with zero attached hydrogens (tertiary/aromatic N) is 1. The molecule has 1 aromatic rings. The van der Waals surface area contributed by atoms with Gasteiger partial charge in [0.25, 0.3) is 11.5 Å². The Morgan fingerprint density at radius 2 is 1.73 bits per heavy atom. The van der Waals surface area contributed by atoms with Gasteiger partial charge in [-0.2, -0.15) is 0 Å². The van der Waals surface area contributed by atoms with Gasteiger partial charge in [0.2, 0.25) is 0 Å². The number of rotatable bonds is 5. The number of aromatic nitrogens is 1. The molecule has 26 heavy (non-hydrogen) atoms. The lowest BCUT2D eigenvalue weighted by molar-refractivity contribution is -0.0593. The topological polar surface area (TPSA) is 53.2 Å². The molecule has 1 N–H and O–H groups in total. The first-order chi connectivity index (χ1) is 12.3. The van der Waals surface area contributed by atoms with Gasteiger partial charge in [-0.3, -0.25) is 9.59 Å². The number of nitrogens with one attached hydrogen (secondary N) is 1. The van der Waals surface area contributed by atoms with E-state index in [0.29, 0.717) is 5.41 Å². The standard InChI is InChI=1S/C22H32N2O2/c1-14(2)19-5-4-18(20(25)23-19)21(26)24(3)7-6-22-11-15-8-16(12-22)10-17(9-15)13-22/h4-5,14-17H,6-13H2,1-3H3,(H,23,25). The van der Waals surface area contributed by atoms with Crippen LogP contribution in [0.4, 0.5) is 0 Å². The highest BCUT2D eigenvalue weighted by Gasteiger charge is 2.50. The molecule has 0 radical (unpaired) electrons. The first-order valence-corrected chi connectivity index (χ1v) is 10.3. The minimum absolute atomic E-state index is 0.147. The minimum atomic E-state index is -0.261. The number of hydrogen-bond donors (Lipinski definition) is 1. The average Bonchev–Trinajstić information content (AvgIpc) is 2.58. The van der Waals surface area contributed by atoms with Crippen molar-refractivity contribution in [2.24, 2.45) is 23.2 Å². The van der Waals surface area contributed by atoms with Gasteiger partial charge >= 0.3 is 0 Å². The second kappa shape index (κ2) is 6.54. The summed E-state index contributed by atoms with van der Waals surface area (Å²) in [7, 11) is 1.85. The van der Waals surface area contributed by atoms with Crippen LogP contribution in [-0.4, -0.2) is 29.4 Å². The molecule has 5 rings (SSSR count). The molecule has 4 fully saturated rings. The third-order valence-electron chi connectivity index (χ3n) is 7.27. The molecular weight excluding hydrogens is 324 g/mol. The third-order valence-corrected chi connectivity index (χ3v) is 7.27. The SMILES string of the molecule is CC(C)c1ccc(C(=O)N(C)CCC23CC4CC(CC(C4)C2)C3)c(=O)[nH]1. The number of pyridine rings is 1. The molecule has 0 aliphatic heterocycles. The molecule has 4 nitrogen and oxygen atoms in total. The molecule has 1 heterocycles. The minimum Gasteiger partial charge on any atom is -0.342 e. The first kappa shape index (κ1) is 17.8. The Morgan fingerprint density at radius 3 is 2.23 bits per heavy atom. The van der Waals surface area contributed by atoms with Crippen molar-refractivity contribution in [3.05, 3.63) is 33.7 Å². The van der Waals surface area contributed by atoms with E-state index in [1.165, 1.54) is 38.5 Å². The van der Waals surface area contributed by atoms with Crippen LogP contribution in [0.5, 0.6) is 0 Å². The van der Waals surface area contributed by atoms with Crippen LogP contribution < -0.4 is 5.56 Å². The van der Waals surface area contributed by atoms with E-state index in [2.05, 4.69) is 4.98 Å². The van der Waals surface area contributed by atoms with E-state index in [4.69, 9.17) is 0 Å². The number of H-pyrrole nitrogens is 1. The smallest absolute Gasteiger partial charge is 0.261 e. The van der Waals surface area contributed by atoms with Crippen molar-refractivity contribution in [2.45, 2.75) is 64.7 Å². The number of aromatic amines is 1. The van der Waals surface area contributed by atoms with Crippen molar-refractivity contribution < 1.29 is 4.79 Å². The van der Waals surface area contributed by atoms with Crippen molar-refractivity contribution in [1.29, 1.82) is 0 Å². The Kier molecular flexibility index (Phi) is 4.48. The molecule has 0 aromatic carbocycles. The molecule has 0 spiro atoms. The van der Waals surface area contributed by atoms with Crippen LogP contribution in [0.25, 0.3) is 0 Å². The van der Waals surface area contributed by atoms with Crippen LogP contribution in [-0.2, 0) is 0 Å². The molecule has 4 bridgehead atoms. The fourth-order valence-electron chi connectivity index (χ4n) is 6.30. The molecule has 0 atom stereocenters. The third kappa shape index (κ3) is 3.23. The molecule has 4 heteroatoms. The van der Waals surface area contributed by atoms with Crippen molar-refractivity contribution in [1.82, 2.24) is 9.88 Å². The normalized spacial score (nSPS) is 32.2. The summed E-state index contributed by atoms with van der Waals surface area (Å²) in [4.78, 5) is 29.7. The highest BCUT2D eigenvalue weighted by Crippen LogP contribution is 2.61. The monoisotopic (exact) mass is 356 g/mol. The largest absolute Gasteiger partial charge is 0.342 e. The van der Waals surface area contributed by atoms with E-state index >= 15 is 0 Å². The second-order valence-electron chi connectivity index (χ2n) is 9.71. The predicted octanol–water partition coefficient (Wildman–Crippen LogP) is 4.18. The zero-order chi connectivity index (χ0) is 18.5. The van der Waals surface area contributed by atoms with Gasteiger partial charge in [-0.15, -0.1) is 0 Å². The van der Waals surface area contributed by atoms with Crippen LogP contribution in [0.2, 0.25) is 0 Å². The van der Waals surface area contributed by atoms with Crippen LogP contribution in [0.3, 0.4) is 0 Å². The van der Waals surface area contributed by atoms with Crippen molar-refractivity contribution in [3.63, 3.8) is 0 Å². The summed E-state index contributed by atoms with van der Waals surface area (Å²) < 4.78 is 0. The zero-order valence-corrected chi connectivity index (χ0v) is 16.4. The van der Waals surface area contributed by atoms with Crippen molar-refractivity contribution in [3.8, 4) is 0 Å². The highest BCUT2D eigenvalue weighted by atomic mass is 16.2. The van der Waals surface area contributed by atoms with E-state index < -0.39 is 0 Å². The van der Waals surface area contributed by atoms with Crippen LogP contribution in [0.15, 0.2) is 16.9 Å². The van der Waals surface area contributed by atoms with Gasteiger partial charge in [0.05, 0.1) is 0 Å². The Morgan fingerprint density at radius 1 is 1.15 bits per heavy atom. The maximum absolute atomic E-state index is 12.8. The van der Waals surface area contributed by atoms with Crippen LogP contribution >= 0.6 is 0 Å². The molecular formula is C22H32N2O2. The Labute approximate surface area is 156 Å². The maximum atomic E-state index is 12.8. The van der Waals surface area contributed by atoms with Gasteiger partial charge in [0, 0.05) is 19.3 Å². The summed E-state index contributed by atoms with van der Waals surface area (Å²) in [6.07, 6.45) is 9.55. The molecule has 142 valence electrons. The van der Waals surface area contributed by atoms with Gasteiger partial charge < -0.3 is 9.88 Å². The zero-order valence-electron chi connectivity index (χ0n) is 16.4. The molecule has 4 saturated carbocycles. The maximum Gasteiger partial charge on any atom is 0.261 e. The number of amides is 1. The summed E-state index contributed by atoms with van der Waals surface area (Å²) in [6, 6.07) is 3.56. The van der Waals surface area contributed by atoms with E-state index in [9.17, 15) is 9.59 Å². The fraction of sp³-hybridized carbons (Fsp3) is 0.727. The van der Waals surface area contributed by atoms with Crippen LogP contribution in [0.1, 0.15) is 80.8 Å². The van der Waals surface area contributed by atoms with Crippen molar-refractivity contribution in [2.75, 3.05) is 13.6 Å². The first-order valence-electron chi connectivity index (χ1n) is 10.3. The van der Waals surface area contributed by atoms with Gasteiger partial charge in [-0.1, -0.05) is 13.8 Å². The summed E-state index contributed by atoms with van der Waals surface area (Å²) in [5, 5.41) is 0. The average molecular weight is 357 g/mol. The quantitative estimate of drug-likeness (QED) is 0.860. The summed E-state index contributed by atoms with van der Waals surface area (Å²) >= 11 is 0. The van der Waals surface area contributed by atoms with E-state index in [1.54, 1.807) is 11.0 Å². The lowest BCUT2D eigenvalue weighted by atomic mass is 9.49. The summed E-state index contributed by atoms with van der Waals surface area (Å²) in [6.45, 7) is 4.82. The fourth-order valence-corrected chi connectivity index (χ4v) is 6.30. The number of carbonyl (C=O) groups excluding carboxylic acids is 1. The van der Waals surface area contributed by atoms with Gasteiger partial charge in [-0.25, -0.2) is 0 Å². The molecule has 1 amide bonds. The van der Waals surface area contributed by atoms with Gasteiger partial charge in [0.1, 0.15) is 5.56 Å². The number of hydrogen-bond acceptors (Lipinski definition) is 2. The lowest BCUT2D eigenvalue weighted by Gasteiger charge is -2.57. The summed E-state index contributed by atoms with van der Waals surface area (Å²) in [5.41, 5.74) is 1.35.